The topological polar surface area (TPSA) is 33.1 Å². The van der Waals surface area contributed by atoms with Gasteiger partial charge in [0, 0.05) is 11.1 Å². The highest BCUT2D eigenvalue weighted by atomic mass is 32.2. The number of nitrogens with zero attached hydrogens (tertiary/aromatic N) is 1. The summed E-state index contributed by atoms with van der Waals surface area (Å²) in [6.07, 6.45) is -2.56. The predicted molar refractivity (Wildman–Crippen MR) is 69.4 cm³/mol. The molecule has 0 fully saturated rings. The Kier molecular flexibility index (Phi) is 4.17. The molecule has 2 rings (SSSR count). The van der Waals surface area contributed by atoms with E-state index in [4.69, 9.17) is 0 Å². The van der Waals surface area contributed by atoms with Gasteiger partial charge in [0.25, 0.3) is 0 Å². The van der Waals surface area contributed by atoms with Crippen LogP contribution in [0.3, 0.4) is 0 Å². The largest absolute Gasteiger partial charge is 0.443 e. The molecule has 1 N–H and O–H groups in total. The molecule has 1 unspecified atom stereocenters. The maximum atomic E-state index is 12.4. The van der Waals surface area contributed by atoms with Gasteiger partial charge in [-0.3, -0.25) is 0 Å². The smallest absolute Gasteiger partial charge is 0.383 e. The van der Waals surface area contributed by atoms with Crippen LogP contribution in [0.5, 0.6) is 0 Å². The van der Waals surface area contributed by atoms with Crippen LogP contribution < -0.4 is 0 Å². The number of thioether (sulfide) groups is 1. The summed E-state index contributed by atoms with van der Waals surface area (Å²) >= 11 is 2.01. The summed E-state index contributed by atoms with van der Waals surface area (Å²) in [4.78, 5) is 4.51. The normalized spacial score (nSPS) is 13.5. The number of thiazole rings is 1. The Hall–Kier alpha value is -1.05. The molecule has 2 nitrogen and oxygen atoms in total. The van der Waals surface area contributed by atoms with Crippen molar-refractivity contribution in [3.05, 3.63) is 45.9 Å². The van der Waals surface area contributed by atoms with E-state index in [1.165, 1.54) is 0 Å². The van der Waals surface area contributed by atoms with Gasteiger partial charge < -0.3 is 5.11 Å². The van der Waals surface area contributed by atoms with E-state index < -0.39 is 17.3 Å². The highest BCUT2D eigenvalue weighted by Crippen LogP contribution is 2.36. The number of aromatic nitrogens is 1. The van der Waals surface area contributed by atoms with Crippen LogP contribution >= 0.6 is 23.1 Å². The summed E-state index contributed by atoms with van der Waals surface area (Å²) in [6.45, 7) is 0. The van der Waals surface area contributed by atoms with E-state index in [1.807, 2.05) is 18.4 Å². The molecule has 1 heterocycles. The number of hydrogen-bond acceptors (Lipinski definition) is 4. The van der Waals surface area contributed by atoms with Crippen molar-refractivity contribution in [3.8, 4) is 0 Å². The lowest BCUT2D eigenvalue weighted by Gasteiger charge is -2.08. The Morgan fingerprint density at radius 1 is 1.26 bits per heavy atom. The molecule has 0 spiro atoms. The van der Waals surface area contributed by atoms with Gasteiger partial charge in [0.2, 0.25) is 0 Å². The summed E-state index contributed by atoms with van der Waals surface area (Å²) in [5.41, 5.74) is 0.551. The summed E-state index contributed by atoms with van der Waals surface area (Å²) in [5, 5.41) is 9.09. The minimum atomic E-state index is -4.47. The van der Waals surface area contributed by atoms with E-state index in [9.17, 15) is 18.3 Å². The molecule has 0 aliphatic heterocycles. The third-order valence-corrected chi connectivity index (χ3v) is 4.31. The lowest BCUT2D eigenvalue weighted by molar-refractivity contribution is -0.137. The quantitative estimate of drug-likeness (QED) is 0.871. The number of aliphatic hydroxyl groups excluding tert-OH is 1. The van der Waals surface area contributed by atoms with Crippen LogP contribution in [0, 0.1) is 0 Å². The Balaban J connectivity index is 2.23. The lowest BCUT2D eigenvalue weighted by Crippen LogP contribution is -2.03. The van der Waals surface area contributed by atoms with Crippen LogP contribution in [0.15, 0.2) is 35.4 Å². The van der Waals surface area contributed by atoms with Crippen LogP contribution in [0.2, 0.25) is 0 Å². The molecule has 1 atom stereocenters. The van der Waals surface area contributed by atoms with Gasteiger partial charge >= 0.3 is 6.18 Å². The molecule has 19 heavy (non-hydrogen) atoms. The number of hydrogen-bond donors (Lipinski definition) is 1. The molecule has 0 bridgehead atoms. The second-order valence-corrected chi connectivity index (χ2v) is 5.68. The van der Waals surface area contributed by atoms with Gasteiger partial charge in [-0.2, -0.15) is 13.2 Å². The first-order valence-corrected chi connectivity index (χ1v) is 7.31. The van der Waals surface area contributed by atoms with Crippen molar-refractivity contribution in [3.63, 3.8) is 0 Å². The van der Waals surface area contributed by atoms with E-state index in [-0.39, 0.29) is 4.88 Å². The average molecular weight is 305 g/mol. The van der Waals surface area contributed by atoms with Crippen LogP contribution in [0.25, 0.3) is 0 Å². The SMILES string of the molecule is CSc1ccc(C(O)c2cnc(C(F)(F)F)s2)cc1. The minimum Gasteiger partial charge on any atom is -0.383 e. The molecule has 7 heteroatoms. The Bertz CT molecular complexity index is 551. The number of halogens is 3. The maximum absolute atomic E-state index is 12.4. The number of benzene rings is 1. The van der Waals surface area contributed by atoms with Crippen molar-refractivity contribution in [1.29, 1.82) is 0 Å². The molecule has 0 aliphatic carbocycles. The third kappa shape index (κ3) is 3.29. The van der Waals surface area contributed by atoms with E-state index in [0.717, 1.165) is 11.1 Å². The highest BCUT2D eigenvalue weighted by Gasteiger charge is 2.35. The molecular weight excluding hydrogens is 295 g/mol. The molecule has 1 aromatic carbocycles. The van der Waals surface area contributed by atoms with E-state index in [2.05, 4.69) is 4.98 Å². The van der Waals surface area contributed by atoms with Crippen molar-refractivity contribution in [2.45, 2.75) is 17.2 Å². The first-order chi connectivity index (χ1) is 8.91. The van der Waals surface area contributed by atoms with E-state index in [0.29, 0.717) is 16.9 Å². The molecule has 0 saturated heterocycles. The van der Waals surface area contributed by atoms with Crippen LogP contribution in [-0.2, 0) is 6.18 Å². The van der Waals surface area contributed by atoms with Gasteiger partial charge in [0.15, 0.2) is 5.01 Å². The fraction of sp³-hybridized carbons (Fsp3) is 0.250. The zero-order valence-electron chi connectivity index (χ0n) is 9.81. The first kappa shape index (κ1) is 14.4. The summed E-state index contributed by atoms with van der Waals surface area (Å²) in [5.74, 6) is 0. The second kappa shape index (κ2) is 5.52. The molecule has 0 radical (unpaired) electrons. The molecule has 0 saturated carbocycles. The van der Waals surface area contributed by atoms with Gasteiger partial charge in [-0.1, -0.05) is 12.1 Å². The van der Waals surface area contributed by atoms with Gasteiger partial charge in [-0.15, -0.1) is 23.1 Å². The van der Waals surface area contributed by atoms with Gasteiger partial charge in [-0.25, -0.2) is 4.98 Å². The molecule has 0 aliphatic rings. The minimum absolute atomic E-state index is 0.184. The lowest BCUT2D eigenvalue weighted by atomic mass is 10.1. The predicted octanol–water partition coefficient (Wildman–Crippen LogP) is 3.97. The average Bonchev–Trinajstić information content (AvgIpc) is 2.87. The molecule has 1 aromatic heterocycles. The van der Waals surface area contributed by atoms with Crippen molar-refractivity contribution < 1.29 is 18.3 Å². The monoisotopic (exact) mass is 305 g/mol. The van der Waals surface area contributed by atoms with Crippen molar-refractivity contribution in [2.75, 3.05) is 6.26 Å². The summed E-state index contributed by atoms with van der Waals surface area (Å²) in [6, 6.07) is 7.02. The Morgan fingerprint density at radius 3 is 2.37 bits per heavy atom. The zero-order valence-corrected chi connectivity index (χ0v) is 11.4. The highest BCUT2D eigenvalue weighted by molar-refractivity contribution is 7.98. The first-order valence-electron chi connectivity index (χ1n) is 5.26. The van der Waals surface area contributed by atoms with Crippen LogP contribution in [0.1, 0.15) is 21.6 Å². The molecular formula is C12H10F3NOS2. The standard InChI is InChI=1S/C12H10F3NOS2/c1-18-8-4-2-7(3-5-8)10(17)9-6-16-11(19-9)12(13,14)15/h2-6,10,17H,1H3. The van der Waals surface area contributed by atoms with Crippen LogP contribution in [0.4, 0.5) is 13.2 Å². The van der Waals surface area contributed by atoms with Gasteiger partial charge in [0.1, 0.15) is 6.10 Å². The Morgan fingerprint density at radius 2 is 1.89 bits per heavy atom. The molecule has 102 valence electrons. The van der Waals surface area contributed by atoms with E-state index in [1.54, 1.807) is 23.9 Å². The fourth-order valence-corrected chi connectivity index (χ4v) is 2.70. The van der Waals surface area contributed by atoms with Crippen molar-refractivity contribution in [2.24, 2.45) is 0 Å². The summed E-state index contributed by atoms with van der Waals surface area (Å²) < 4.78 is 37.3. The number of alkyl halides is 3. The Labute approximate surface area is 116 Å². The van der Waals surface area contributed by atoms with E-state index >= 15 is 0 Å². The fourth-order valence-electron chi connectivity index (χ4n) is 1.49. The molecule has 0 amide bonds. The summed E-state index contributed by atoms with van der Waals surface area (Å²) in [7, 11) is 0. The maximum Gasteiger partial charge on any atom is 0.443 e. The number of aliphatic hydroxyl groups is 1. The van der Waals surface area contributed by atoms with Crippen molar-refractivity contribution >= 4 is 23.1 Å². The number of rotatable bonds is 3. The van der Waals surface area contributed by atoms with Gasteiger partial charge in [-0.05, 0) is 24.0 Å². The second-order valence-electron chi connectivity index (χ2n) is 3.74. The third-order valence-electron chi connectivity index (χ3n) is 2.47. The van der Waals surface area contributed by atoms with Crippen LogP contribution in [-0.4, -0.2) is 16.3 Å². The zero-order chi connectivity index (χ0) is 14.0. The molecule has 2 aromatic rings. The van der Waals surface area contributed by atoms with Crippen molar-refractivity contribution in [1.82, 2.24) is 4.98 Å². The van der Waals surface area contributed by atoms with Gasteiger partial charge in [0.05, 0.1) is 4.88 Å².